The van der Waals surface area contributed by atoms with Crippen molar-refractivity contribution in [3.63, 3.8) is 0 Å². The highest BCUT2D eigenvalue weighted by Crippen LogP contribution is 2.23. The highest BCUT2D eigenvalue weighted by molar-refractivity contribution is 7.89. The lowest BCUT2D eigenvalue weighted by molar-refractivity contribution is -0.135. The van der Waals surface area contributed by atoms with Gasteiger partial charge in [-0.3, -0.25) is 9.59 Å². The molecule has 7 nitrogen and oxygen atoms in total. The molecule has 212 valence electrons. The third-order valence-corrected chi connectivity index (χ3v) is 9.35. The monoisotopic (exact) mass is 581 g/mol. The average Bonchev–Trinajstić information content (AvgIpc) is 2.97. The van der Waals surface area contributed by atoms with Gasteiger partial charge in [-0.25, -0.2) is 8.42 Å². The molecule has 9 heteroatoms. The van der Waals surface area contributed by atoms with Crippen molar-refractivity contribution < 1.29 is 18.0 Å². The van der Waals surface area contributed by atoms with Crippen molar-refractivity contribution in [1.82, 2.24) is 14.1 Å². The van der Waals surface area contributed by atoms with Crippen LogP contribution in [0.5, 0.6) is 0 Å². The van der Waals surface area contributed by atoms with Crippen molar-refractivity contribution in [2.75, 3.05) is 26.2 Å². The number of benzene rings is 3. The largest absolute Gasteiger partial charge is 0.338 e. The molecule has 1 saturated heterocycles. The second-order valence-corrected chi connectivity index (χ2v) is 12.6. The van der Waals surface area contributed by atoms with E-state index < -0.39 is 10.0 Å². The summed E-state index contributed by atoms with van der Waals surface area (Å²) in [7, 11) is -3.85. The molecule has 0 aliphatic carbocycles. The van der Waals surface area contributed by atoms with Crippen LogP contribution in [0.2, 0.25) is 5.02 Å². The molecule has 3 aromatic carbocycles. The summed E-state index contributed by atoms with van der Waals surface area (Å²) in [5, 5.41) is 0.604. The van der Waals surface area contributed by atoms with Crippen LogP contribution >= 0.6 is 11.6 Å². The van der Waals surface area contributed by atoms with E-state index in [1.807, 2.05) is 61.2 Å². The minimum atomic E-state index is -3.85. The first-order valence-electron chi connectivity index (χ1n) is 13.6. The smallest absolute Gasteiger partial charge is 0.253 e. The van der Waals surface area contributed by atoms with E-state index in [1.165, 1.54) is 4.31 Å². The molecule has 4 rings (SSSR count). The van der Waals surface area contributed by atoms with Crippen LogP contribution in [0.4, 0.5) is 0 Å². The number of hydrogen-bond donors (Lipinski definition) is 0. The summed E-state index contributed by atoms with van der Waals surface area (Å²) in [6, 6.07) is 23.1. The van der Waals surface area contributed by atoms with Gasteiger partial charge < -0.3 is 9.80 Å². The molecule has 3 aromatic rings. The minimum Gasteiger partial charge on any atom is -0.338 e. The lowest BCUT2D eigenvalue weighted by Crippen LogP contribution is -2.51. The summed E-state index contributed by atoms with van der Waals surface area (Å²) >= 11 is 6.09. The summed E-state index contributed by atoms with van der Waals surface area (Å²) in [5.41, 5.74) is 2.51. The van der Waals surface area contributed by atoms with E-state index in [2.05, 4.69) is 0 Å². The molecule has 0 aromatic heterocycles. The Morgan fingerprint density at radius 1 is 0.925 bits per heavy atom. The van der Waals surface area contributed by atoms with Crippen molar-refractivity contribution in [2.24, 2.45) is 0 Å². The Kier molecular flexibility index (Phi) is 10.0. The van der Waals surface area contributed by atoms with Gasteiger partial charge in [0.25, 0.3) is 5.91 Å². The van der Waals surface area contributed by atoms with Gasteiger partial charge in [0.1, 0.15) is 0 Å². The number of carbonyl (C=O) groups excluding carboxylic acids is 2. The van der Waals surface area contributed by atoms with Crippen molar-refractivity contribution in [3.05, 3.63) is 101 Å². The number of hydrogen-bond acceptors (Lipinski definition) is 4. The van der Waals surface area contributed by atoms with Crippen LogP contribution in [0.25, 0.3) is 0 Å². The first-order valence-corrected chi connectivity index (χ1v) is 15.5. The Hall–Kier alpha value is -3.20. The highest BCUT2D eigenvalue weighted by atomic mass is 35.5. The fourth-order valence-corrected chi connectivity index (χ4v) is 6.59. The minimum absolute atomic E-state index is 0.0204. The molecule has 0 bridgehead atoms. The number of halogens is 1. The van der Waals surface area contributed by atoms with E-state index in [9.17, 15) is 18.0 Å². The Balaban J connectivity index is 1.53. The summed E-state index contributed by atoms with van der Waals surface area (Å²) in [5.74, 6) is -0.278. The maximum atomic E-state index is 13.9. The van der Waals surface area contributed by atoms with Gasteiger partial charge in [-0.15, -0.1) is 0 Å². The predicted octanol–water partition coefficient (Wildman–Crippen LogP) is 5.38. The predicted molar refractivity (Wildman–Crippen MR) is 158 cm³/mol. The number of carbonyl (C=O) groups is 2. The molecular weight excluding hydrogens is 546 g/mol. The molecule has 0 radical (unpaired) electrons. The van der Waals surface area contributed by atoms with Gasteiger partial charge in [-0.05, 0) is 68.1 Å². The Labute approximate surface area is 242 Å². The van der Waals surface area contributed by atoms with Gasteiger partial charge in [0.05, 0.1) is 11.4 Å². The van der Waals surface area contributed by atoms with Crippen LogP contribution in [0.3, 0.4) is 0 Å². The van der Waals surface area contributed by atoms with Crippen molar-refractivity contribution >= 4 is 33.4 Å². The molecular formula is C31H36ClN3O4S. The molecule has 2 amide bonds. The van der Waals surface area contributed by atoms with E-state index in [1.54, 1.807) is 41.3 Å². The second kappa shape index (κ2) is 13.4. The van der Waals surface area contributed by atoms with E-state index in [0.29, 0.717) is 49.5 Å². The number of likely N-dealkylation sites (tertiary alicyclic amines) is 1. The van der Waals surface area contributed by atoms with Crippen LogP contribution in [0.15, 0.2) is 83.8 Å². The summed E-state index contributed by atoms with van der Waals surface area (Å²) in [6.07, 6.45) is 1.79. The summed E-state index contributed by atoms with van der Waals surface area (Å²) in [6.45, 7) is 5.15. The number of aryl methyl sites for hydroxylation is 1. The lowest BCUT2D eigenvalue weighted by atomic mass is 10.0. The normalized spacial score (nSPS) is 14.3. The molecule has 40 heavy (non-hydrogen) atoms. The van der Waals surface area contributed by atoms with E-state index in [0.717, 1.165) is 11.1 Å². The third-order valence-electron chi connectivity index (χ3n) is 7.24. The Morgan fingerprint density at radius 2 is 1.55 bits per heavy atom. The summed E-state index contributed by atoms with van der Waals surface area (Å²) < 4.78 is 28.3. The molecule has 0 unspecified atom stereocenters. The van der Waals surface area contributed by atoms with Crippen molar-refractivity contribution in [3.8, 4) is 0 Å². The van der Waals surface area contributed by atoms with Crippen molar-refractivity contribution in [2.45, 2.75) is 50.6 Å². The zero-order valence-corrected chi connectivity index (χ0v) is 24.6. The number of nitrogens with zero attached hydrogens (tertiary/aromatic N) is 3. The Morgan fingerprint density at radius 3 is 2.15 bits per heavy atom. The van der Waals surface area contributed by atoms with Gasteiger partial charge in [-0.1, -0.05) is 66.6 Å². The zero-order valence-electron chi connectivity index (χ0n) is 23.0. The van der Waals surface area contributed by atoms with Gasteiger partial charge in [-0.2, -0.15) is 4.31 Å². The Bertz CT molecular complexity index is 1390. The van der Waals surface area contributed by atoms with Crippen LogP contribution < -0.4 is 0 Å². The van der Waals surface area contributed by atoms with Crippen LogP contribution in [-0.4, -0.2) is 66.6 Å². The molecule has 1 aliphatic rings. The molecule has 1 heterocycles. The standard InChI is InChI=1S/C31H36ClN3O4S/c1-3-19-34(40(38,39)29-15-9-24(2)10-16-29)23-30(36)35(22-25-11-13-27(32)14-12-25)28-17-20-33(21-18-28)31(37)26-7-5-4-6-8-26/h4-16,28H,3,17-23H2,1-2H3. The fourth-order valence-electron chi connectivity index (χ4n) is 4.99. The first kappa shape index (κ1) is 29.8. The van der Waals surface area contributed by atoms with Crippen LogP contribution in [-0.2, 0) is 21.4 Å². The van der Waals surface area contributed by atoms with E-state index in [-0.39, 0.29) is 35.8 Å². The van der Waals surface area contributed by atoms with E-state index in [4.69, 9.17) is 11.6 Å². The second-order valence-electron chi connectivity index (χ2n) is 10.2. The SMILES string of the molecule is CCCN(CC(=O)N(Cc1ccc(Cl)cc1)C1CCN(C(=O)c2ccccc2)CC1)S(=O)(=O)c1ccc(C)cc1. The van der Waals surface area contributed by atoms with Gasteiger partial charge in [0.15, 0.2) is 0 Å². The molecule has 1 fully saturated rings. The van der Waals surface area contributed by atoms with Gasteiger partial charge >= 0.3 is 0 Å². The molecule has 1 aliphatic heterocycles. The lowest BCUT2D eigenvalue weighted by Gasteiger charge is -2.39. The maximum Gasteiger partial charge on any atom is 0.253 e. The first-order chi connectivity index (χ1) is 19.2. The fraction of sp³-hybridized carbons (Fsp3) is 0.355. The topological polar surface area (TPSA) is 78.0 Å². The maximum absolute atomic E-state index is 13.9. The number of amides is 2. The molecule has 0 atom stereocenters. The molecule has 0 N–H and O–H groups in total. The number of rotatable bonds is 10. The molecule has 0 spiro atoms. The number of sulfonamides is 1. The number of piperidine rings is 1. The van der Waals surface area contributed by atoms with Crippen LogP contribution in [0.1, 0.15) is 47.7 Å². The zero-order chi connectivity index (χ0) is 28.7. The molecule has 0 saturated carbocycles. The quantitative estimate of drug-likeness (QED) is 0.322. The van der Waals surface area contributed by atoms with E-state index >= 15 is 0 Å². The summed E-state index contributed by atoms with van der Waals surface area (Å²) in [4.78, 5) is 30.6. The van der Waals surface area contributed by atoms with Crippen molar-refractivity contribution in [1.29, 1.82) is 0 Å². The third kappa shape index (κ3) is 7.30. The van der Waals surface area contributed by atoms with Gasteiger partial charge in [0.2, 0.25) is 15.9 Å². The van der Waals surface area contributed by atoms with Gasteiger partial charge in [0, 0.05) is 42.8 Å². The van der Waals surface area contributed by atoms with Crippen LogP contribution in [0, 0.1) is 6.92 Å². The average molecular weight is 582 g/mol. The highest BCUT2D eigenvalue weighted by Gasteiger charge is 2.33.